The standard InChI is InChI=1S/C18H17F3N4O3S/c1-29(27,28)24-13-7-3-2-6-12(13)10-22-16(26)11-25-15-9-5-4-8-14(15)23-17(25)18(19,20)21/h2-9,24H,10-11H2,1H3,(H,22,26). The summed E-state index contributed by atoms with van der Waals surface area (Å²) in [5.41, 5.74) is 1.07. The maximum Gasteiger partial charge on any atom is 0.449 e. The van der Waals surface area contributed by atoms with Crippen LogP contribution in [-0.4, -0.2) is 30.1 Å². The Bertz CT molecular complexity index is 1160. The molecule has 0 unspecified atom stereocenters. The maximum absolute atomic E-state index is 13.3. The molecule has 0 saturated carbocycles. The Morgan fingerprint density at radius 1 is 1.10 bits per heavy atom. The molecule has 11 heteroatoms. The van der Waals surface area contributed by atoms with Crippen LogP contribution in [0.3, 0.4) is 0 Å². The number of para-hydroxylation sites is 3. The summed E-state index contributed by atoms with van der Waals surface area (Å²) in [6.45, 7) is -0.650. The normalized spacial score (nSPS) is 12.1. The van der Waals surface area contributed by atoms with Gasteiger partial charge in [0.25, 0.3) is 0 Å². The smallest absolute Gasteiger partial charge is 0.350 e. The molecule has 0 radical (unpaired) electrons. The largest absolute Gasteiger partial charge is 0.449 e. The predicted octanol–water partition coefficient (Wildman–Crippen LogP) is 2.74. The molecule has 3 aromatic rings. The van der Waals surface area contributed by atoms with Crippen LogP contribution < -0.4 is 10.0 Å². The van der Waals surface area contributed by atoms with E-state index < -0.39 is 34.5 Å². The molecule has 7 nitrogen and oxygen atoms in total. The summed E-state index contributed by atoms with van der Waals surface area (Å²) in [5.74, 6) is -1.83. The van der Waals surface area contributed by atoms with Crippen molar-refractivity contribution >= 4 is 32.7 Å². The number of imidazole rings is 1. The predicted molar refractivity (Wildman–Crippen MR) is 101 cm³/mol. The van der Waals surface area contributed by atoms with Crippen LogP contribution in [0.1, 0.15) is 11.4 Å². The van der Waals surface area contributed by atoms with E-state index in [4.69, 9.17) is 0 Å². The van der Waals surface area contributed by atoms with Crippen molar-refractivity contribution in [1.82, 2.24) is 14.9 Å². The van der Waals surface area contributed by atoms with Gasteiger partial charge in [-0.1, -0.05) is 30.3 Å². The minimum atomic E-state index is -4.72. The highest BCUT2D eigenvalue weighted by atomic mass is 32.2. The van der Waals surface area contributed by atoms with Crippen LogP contribution in [0.15, 0.2) is 48.5 Å². The first-order chi connectivity index (χ1) is 13.5. The van der Waals surface area contributed by atoms with Crippen molar-refractivity contribution in [3.8, 4) is 0 Å². The second-order valence-electron chi connectivity index (χ2n) is 6.32. The first-order valence-electron chi connectivity index (χ1n) is 8.39. The fraction of sp³-hybridized carbons (Fsp3) is 0.222. The summed E-state index contributed by atoms with van der Waals surface area (Å²) in [7, 11) is -3.53. The number of sulfonamides is 1. The summed E-state index contributed by atoms with van der Waals surface area (Å²) < 4.78 is 66.0. The van der Waals surface area contributed by atoms with E-state index in [1.165, 1.54) is 18.2 Å². The quantitative estimate of drug-likeness (QED) is 0.634. The van der Waals surface area contributed by atoms with E-state index >= 15 is 0 Å². The van der Waals surface area contributed by atoms with Crippen molar-refractivity contribution in [2.75, 3.05) is 11.0 Å². The molecule has 0 aliphatic heterocycles. The van der Waals surface area contributed by atoms with Crippen LogP contribution in [0.2, 0.25) is 0 Å². The van der Waals surface area contributed by atoms with Crippen LogP contribution in [-0.2, 0) is 34.1 Å². The molecular weight excluding hydrogens is 409 g/mol. The number of aromatic nitrogens is 2. The highest BCUT2D eigenvalue weighted by Gasteiger charge is 2.37. The molecule has 0 aliphatic carbocycles. The molecule has 154 valence electrons. The van der Waals surface area contributed by atoms with E-state index in [1.807, 2.05) is 0 Å². The second kappa shape index (κ2) is 7.74. The van der Waals surface area contributed by atoms with Crippen LogP contribution in [0.4, 0.5) is 18.9 Å². The van der Waals surface area contributed by atoms with Crippen molar-refractivity contribution in [2.45, 2.75) is 19.3 Å². The van der Waals surface area contributed by atoms with Gasteiger partial charge in [0.1, 0.15) is 6.54 Å². The zero-order chi connectivity index (χ0) is 21.2. The number of nitrogens with one attached hydrogen (secondary N) is 2. The van der Waals surface area contributed by atoms with Crippen LogP contribution in [0.25, 0.3) is 11.0 Å². The Hall–Kier alpha value is -3.08. The lowest BCUT2D eigenvalue weighted by Gasteiger charge is -2.13. The van der Waals surface area contributed by atoms with Crippen LogP contribution >= 0.6 is 0 Å². The molecule has 29 heavy (non-hydrogen) atoms. The molecule has 1 aromatic heterocycles. The lowest BCUT2D eigenvalue weighted by Crippen LogP contribution is -2.29. The summed E-state index contributed by atoms with van der Waals surface area (Å²) in [5, 5.41) is 2.52. The number of hydrogen-bond donors (Lipinski definition) is 2. The van der Waals surface area contributed by atoms with Crippen LogP contribution in [0.5, 0.6) is 0 Å². The third-order valence-corrected chi connectivity index (χ3v) is 4.59. The lowest BCUT2D eigenvalue weighted by molar-refractivity contribution is -0.147. The molecule has 0 bridgehead atoms. The van der Waals surface area contributed by atoms with Gasteiger partial charge >= 0.3 is 6.18 Å². The Labute approximate surface area is 164 Å². The van der Waals surface area contributed by atoms with E-state index in [9.17, 15) is 26.4 Å². The number of rotatable bonds is 6. The minimum absolute atomic E-state index is 0.0640. The van der Waals surface area contributed by atoms with E-state index in [-0.39, 0.29) is 23.3 Å². The number of hydrogen-bond acceptors (Lipinski definition) is 4. The number of carbonyl (C=O) groups is 1. The van der Waals surface area contributed by atoms with Crippen molar-refractivity contribution in [2.24, 2.45) is 0 Å². The second-order valence-corrected chi connectivity index (χ2v) is 8.06. The average molecular weight is 426 g/mol. The molecule has 0 fully saturated rings. The summed E-state index contributed by atoms with van der Waals surface area (Å²) in [4.78, 5) is 15.9. The zero-order valence-electron chi connectivity index (χ0n) is 15.2. The monoisotopic (exact) mass is 426 g/mol. The molecule has 1 heterocycles. The van der Waals surface area contributed by atoms with Crippen LogP contribution in [0, 0.1) is 0 Å². The zero-order valence-corrected chi connectivity index (χ0v) is 16.0. The molecule has 2 aromatic carbocycles. The number of fused-ring (bicyclic) bond motifs is 1. The van der Waals surface area contributed by atoms with E-state index in [0.717, 1.165) is 10.8 Å². The van der Waals surface area contributed by atoms with Gasteiger partial charge in [-0.2, -0.15) is 13.2 Å². The highest BCUT2D eigenvalue weighted by Crippen LogP contribution is 2.31. The van der Waals surface area contributed by atoms with Gasteiger partial charge in [-0.3, -0.25) is 9.52 Å². The maximum atomic E-state index is 13.3. The van der Waals surface area contributed by atoms with Gasteiger partial charge < -0.3 is 9.88 Å². The van der Waals surface area contributed by atoms with Gasteiger partial charge in [-0.25, -0.2) is 13.4 Å². The molecular formula is C18H17F3N4O3S. The summed E-state index contributed by atoms with van der Waals surface area (Å²) >= 11 is 0. The van der Waals surface area contributed by atoms with Crippen molar-refractivity contribution in [3.05, 3.63) is 59.9 Å². The van der Waals surface area contributed by atoms with Crippen molar-refractivity contribution in [3.63, 3.8) is 0 Å². The summed E-state index contributed by atoms with van der Waals surface area (Å²) in [6.07, 6.45) is -3.73. The third-order valence-electron chi connectivity index (χ3n) is 4.00. The number of amides is 1. The number of carbonyl (C=O) groups excluding carboxylic acids is 1. The fourth-order valence-corrected chi connectivity index (χ4v) is 3.42. The number of benzene rings is 2. The lowest BCUT2D eigenvalue weighted by atomic mass is 10.2. The van der Waals surface area contributed by atoms with Gasteiger partial charge in [0.15, 0.2) is 0 Å². The van der Waals surface area contributed by atoms with Gasteiger partial charge in [0, 0.05) is 6.54 Å². The highest BCUT2D eigenvalue weighted by molar-refractivity contribution is 7.92. The third kappa shape index (κ3) is 5.05. The first-order valence-corrected chi connectivity index (χ1v) is 10.3. The number of alkyl halides is 3. The van der Waals surface area contributed by atoms with Crippen molar-refractivity contribution < 1.29 is 26.4 Å². The molecule has 0 atom stereocenters. The van der Waals surface area contributed by atoms with Gasteiger partial charge in [0.2, 0.25) is 21.8 Å². The average Bonchev–Trinajstić information content (AvgIpc) is 2.99. The first kappa shape index (κ1) is 20.6. The van der Waals surface area contributed by atoms with E-state index in [1.54, 1.807) is 30.3 Å². The minimum Gasteiger partial charge on any atom is -0.350 e. The Morgan fingerprint density at radius 2 is 1.76 bits per heavy atom. The number of nitrogens with zero attached hydrogens (tertiary/aromatic N) is 2. The van der Waals surface area contributed by atoms with Gasteiger partial charge in [0.05, 0.1) is 23.0 Å². The molecule has 1 amide bonds. The topological polar surface area (TPSA) is 93.1 Å². The number of halogens is 3. The van der Waals surface area contributed by atoms with E-state index in [2.05, 4.69) is 15.0 Å². The summed E-state index contributed by atoms with van der Waals surface area (Å²) in [6, 6.07) is 12.4. The van der Waals surface area contributed by atoms with Crippen molar-refractivity contribution in [1.29, 1.82) is 0 Å². The Morgan fingerprint density at radius 3 is 2.45 bits per heavy atom. The molecule has 3 rings (SSSR count). The van der Waals surface area contributed by atoms with Gasteiger partial charge in [-0.15, -0.1) is 0 Å². The Balaban J connectivity index is 1.79. The fourth-order valence-electron chi connectivity index (χ4n) is 2.82. The molecule has 0 aliphatic rings. The molecule has 0 saturated heterocycles. The molecule has 0 spiro atoms. The van der Waals surface area contributed by atoms with E-state index in [0.29, 0.717) is 5.56 Å². The van der Waals surface area contributed by atoms with Gasteiger partial charge in [-0.05, 0) is 23.8 Å². The Kier molecular flexibility index (Phi) is 5.51. The SMILES string of the molecule is CS(=O)(=O)Nc1ccccc1CNC(=O)Cn1c(C(F)(F)F)nc2ccccc21. The molecule has 2 N–H and O–H groups in total. The number of anilines is 1.